The molecule has 5 N–H and O–H groups in total. The van der Waals surface area contributed by atoms with Gasteiger partial charge < -0.3 is 26.2 Å². The molecule has 1 saturated heterocycles. The van der Waals surface area contributed by atoms with Crippen LogP contribution in [0.3, 0.4) is 0 Å². The van der Waals surface area contributed by atoms with Crippen molar-refractivity contribution >= 4 is 16.7 Å². The topological polar surface area (TPSA) is 94.6 Å². The number of aliphatic hydroxyl groups is 2. The number of nitrogens with two attached hydrogens (primary N) is 1. The van der Waals surface area contributed by atoms with Crippen LogP contribution in [0, 0.1) is 5.41 Å². The van der Waals surface area contributed by atoms with Crippen LogP contribution in [0.5, 0.6) is 0 Å². The SMILES string of the molecule is CCCC(CC)NC1CCN(c2nc3ccccc3cc2C(N)O)CC1(CC)CO. The van der Waals surface area contributed by atoms with Gasteiger partial charge in [0.2, 0.25) is 0 Å². The Bertz CT molecular complexity index is 822. The molecule has 4 unspecified atom stereocenters. The lowest BCUT2D eigenvalue weighted by Crippen LogP contribution is -2.60. The zero-order valence-corrected chi connectivity index (χ0v) is 18.6. The molecule has 3 rings (SSSR count). The molecule has 1 fully saturated rings. The minimum Gasteiger partial charge on any atom is -0.396 e. The van der Waals surface area contributed by atoms with E-state index < -0.39 is 6.23 Å². The quantitative estimate of drug-likeness (QED) is 0.470. The van der Waals surface area contributed by atoms with Crippen LogP contribution in [0.25, 0.3) is 10.9 Å². The predicted molar refractivity (Wildman–Crippen MR) is 123 cm³/mol. The maximum Gasteiger partial charge on any atom is 0.136 e. The van der Waals surface area contributed by atoms with Gasteiger partial charge in [-0.2, -0.15) is 0 Å². The summed E-state index contributed by atoms with van der Waals surface area (Å²) in [6.45, 7) is 8.22. The number of nitrogens with one attached hydrogen (secondary N) is 1. The van der Waals surface area contributed by atoms with Gasteiger partial charge in [-0.05, 0) is 37.8 Å². The third-order valence-corrected chi connectivity index (χ3v) is 6.87. The van der Waals surface area contributed by atoms with Crippen LogP contribution in [-0.2, 0) is 0 Å². The van der Waals surface area contributed by atoms with Crippen LogP contribution in [0.15, 0.2) is 30.3 Å². The van der Waals surface area contributed by atoms with Gasteiger partial charge in [0.05, 0.1) is 12.1 Å². The first-order valence-corrected chi connectivity index (χ1v) is 11.4. The van der Waals surface area contributed by atoms with Gasteiger partial charge in [-0.1, -0.05) is 45.4 Å². The van der Waals surface area contributed by atoms with E-state index in [2.05, 4.69) is 31.0 Å². The Morgan fingerprint density at radius 2 is 2.07 bits per heavy atom. The summed E-state index contributed by atoms with van der Waals surface area (Å²) < 4.78 is 0. The van der Waals surface area contributed by atoms with Gasteiger partial charge in [0.15, 0.2) is 0 Å². The van der Waals surface area contributed by atoms with Crippen molar-refractivity contribution in [2.24, 2.45) is 11.1 Å². The van der Waals surface area contributed by atoms with Gasteiger partial charge in [-0.25, -0.2) is 4.98 Å². The molecule has 0 saturated carbocycles. The number of pyridine rings is 1. The lowest BCUT2D eigenvalue weighted by atomic mass is 9.73. The van der Waals surface area contributed by atoms with E-state index in [-0.39, 0.29) is 18.1 Å². The van der Waals surface area contributed by atoms with Crippen molar-refractivity contribution in [2.75, 3.05) is 24.6 Å². The summed E-state index contributed by atoms with van der Waals surface area (Å²) in [5.74, 6) is 0.731. The highest BCUT2D eigenvalue weighted by molar-refractivity contribution is 5.82. The van der Waals surface area contributed by atoms with Crippen molar-refractivity contribution in [1.82, 2.24) is 10.3 Å². The summed E-state index contributed by atoms with van der Waals surface area (Å²) in [5, 5.41) is 25.6. The van der Waals surface area contributed by atoms with Crippen molar-refractivity contribution in [3.63, 3.8) is 0 Å². The molecule has 0 spiro atoms. The highest BCUT2D eigenvalue weighted by Gasteiger charge is 2.43. The second kappa shape index (κ2) is 10.1. The fourth-order valence-electron chi connectivity index (χ4n) is 4.86. The minimum absolute atomic E-state index is 0.119. The second-order valence-corrected chi connectivity index (χ2v) is 8.74. The molecular formula is C24H38N4O2. The van der Waals surface area contributed by atoms with E-state index in [1.807, 2.05) is 30.3 Å². The molecule has 0 radical (unpaired) electrons. The average molecular weight is 415 g/mol. The van der Waals surface area contributed by atoms with Crippen LogP contribution in [0.1, 0.15) is 64.7 Å². The third-order valence-electron chi connectivity index (χ3n) is 6.87. The molecule has 6 nitrogen and oxygen atoms in total. The summed E-state index contributed by atoms with van der Waals surface area (Å²) in [4.78, 5) is 7.07. The van der Waals surface area contributed by atoms with E-state index in [9.17, 15) is 10.2 Å². The molecule has 1 aromatic heterocycles. The first-order valence-electron chi connectivity index (χ1n) is 11.4. The largest absolute Gasteiger partial charge is 0.396 e. The molecule has 0 amide bonds. The van der Waals surface area contributed by atoms with Gasteiger partial charge in [-0.3, -0.25) is 0 Å². The van der Waals surface area contributed by atoms with Crippen LogP contribution in [-0.4, -0.2) is 47.0 Å². The first kappa shape index (κ1) is 22.9. The van der Waals surface area contributed by atoms with Crippen molar-refractivity contribution in [3.8, 4) is 0 Å². The minimum atomic E-state index is -1.09. The average Bonchev–Trinajstić information content (AvgIpc) is 2.78. The molecule has 0 bridgehead atoms. The maximum atomic E-state index is 10.5. The van der Waals surface area contributed by atoms with E-state index in [0.717, 1.165) is 55.4 Å². The number of aliphatic hydroxyl groups excluding tert-OH is 2. The van der Waals surface area contributed by atoms with E-state index in [1.54, 1.807) is 0 Å². The number of hydrogen-bond donors (Lipinski definition) is 4. The standard InChI is InChI=1S/C24H38N4O2/c1-4-9-18(5-2)26-21-12-13-28(15-24(21,6-3)16-29)23-19(22(25)30)14-17-10-7-8-11-20(17)27-23/h7-8,10-11,14,18,21-22,26,29-30H,4-6,9,12-13,15-16,25H2,1-3H3. The van der Waals surface area contributed by atoms with Crippen LogP contribution < -0.4 is 16.0 Å². The van der Waals surface area contributed by atoms with Gasteiger partial charge in [0, 0.05) is 41.5 Å². The van der Waals surface area contributed by atoms with E-state index in [4.69, 9.17) is 10.7 Å². The predicted octanol–water partition coefficient (Wildman–Crippen LogP) is 3.32. The highest BCUT2D eigenvalue weighted by atomic mass is 16.3. The number of benzene rings is 1. The van der Waals surface area contributed by atoms with Crippen LogP contribution in [0.2, 0.25) is 0 Å². The number of fused-ring (bicyclic) bond motifs is 1. The van der Waals surface area contributed by atoms with Gasteiger partial charge in [0.25, 0.3) is 0 Å². The summed E-state index contributed by atoms with van der Waals surface area (Å²) >= 11 is 0. The summed E-state index contributed by atoms with van der Waals surface area (Å²) in [6.07, 6.45) is 4.10. The Balaban J connectivity index is 1.93. The molecule has 4 atom stereocenters. The molecule has 2 aromatic rings. The van der Waals surface area contributed by atoms with Gasteiger partial charge >= 0.3 is 0 Å². The van der Waals surface area contributed by atoms with Gasteiger partial charge in [0.1, 0.15) is 12.0 Å². The molecule has 166 valence electrons. The molecule has 0 aliphatic carbocycles. The highest BCUT2D eigenvalue weighted by Crippen LogP contribution is 2.38. The Morgan fingerprint density at radius 1 is 1.30 bits per heavy atom. The monoisotopic (exact) mass is 414 g/mol. The third kappa shape index (κ3) is 4.62. The van der Waals surface area contributed by atoms with Crippen LogP contribution >= 0.6 is 0 Å². The smallest absolute Gasteiger partial charge is 0.136 e. The Labute approximate surface area is 180 Å². The second-order valence-electron chi connectivity index (χ2n) is 8.74. The molecule has 1 aromatic carbocycles. The normalized spacial score (nSPS) is 24.2. The van der Waals surface area contributed by atoms with Crippen LogP contribution in [0.4, 0.5) is 5.82 Å². The van der Waals surface area contributed by atoms with E-state index in [1.165, 1.54) is 0 Å². The maximum absolute atomic E-state index is 10.5. The van der Waals surface area contributed by atoms with E-state index >= 15 is 0 Å². The summed E-state index contributed by atoms with van der Waals surface area (Å²) in [5.41, 5.74) is 7.18. The number of piperidine rings is 1. The van der Waals surface area contributed by atoms with Crippen molar-refractivity contribution < 1.29 is 10.2 Å². The number of rotatable bonds is 9. The number of anilines is 1. The van der Waals surface area contributed by atoms with Crippen molar-refractivity contribution in [1.29, 1.82) is 0 Å². The van der Waals surface area contributed by atoms with Crippen molar-refractivity contribution in [2.45, 2.75) is 71.2 Å². The number of hydrogen-bond acceptors (Lipinski definition) is 6. The molecule has 30 heavy (non-hydrogen) atoms. The van der Waals surface area contributed by atoms with Crippen molar-refractivity contribution in [3.05, 3.63) is 35.9 Å². The number of nitrogens with zero attached hydrogens (tertiary/aromatic N) is 2. The Hall–Kier alpha value is -1.73. The summed E-state index contributed by atoms with van der Waals surface area (Å²) in [6, 6.07) is 10.6. The molecule has 1 aliphatic heterocycles. The molecular weight excluding hydrogens is 376 g/mol. The van der Waals surface area contributed by atoms with Gasteiger partial charge in [-0.15, -0.1) is 0 Å². The number of para-hydroxylation sites is 1. The Kier molecular flexibility index (Phi) is 7.69. The molecule has 2 heterocycles. The fourth-order valence-corrected chi connectivity index (χ4v) is 4.86. The molecule has 6 heteroatoms. The zero-order valence-electron chi connectivity index (χ0n) is 18.6. The number of aromatic nitrogens is 1. The summed E-state index contributed by atoms with van der Waals surface area (Å²) in [7, 11) is 0. The lowest BCUT2D eigenvalue weighted by Gasteiger charge is -2.49. The molecule has 1 aliphatic rings. The zero-order chi connectivity index (χ0) is 21.7. The fraction of sp³-hybridized carbons (Fsp3) is 0.625. The first-order chi connectivity index (χ1) is 14.5. The lowest BCUT2D eigenvalue weighted by molar-refractivity contribution is 0.0577. The Morgan fingerprint density at radius 3 is 2.70 bits per heavy atom. The van der Waals surface area contributed by atoms with E-state index in [0.29, 0.717) is 18.2 Å².